The van der Waals surface area contributed by atoms with E-state index in [1.807, 2.05) is 30.3 Å². The molecule has 0 aliphatic rings. The summed E-state index contributed by atoms with van der Waals surface area (Å²) in [6.45, 7) is 1.32. The molecule has 1 aromatic heterocycles. The Morgan fingerprint density at radius 1 is 0.962 bits per heavy atom. The predicted molar refractivity (Wildman–Crippen MR) is 100 cm³/mol. The van der Waals surface area contributed by atoms with Gasteiger partial charge in [0.05, 0.1) is 19.9 Å². The van der Waals surface area contributed by atoms with Gasteiger partial charge in [0, 0.05) is 17.7 Å². The van der Waals surface area contributed by atoms with E-state index in [-0.39, 0.29) is 24.8 Å². The Morgan fingerprint density at radius 2 is 1.77 bits per heavy atom. The highest BCUT2D eigenvalue weighted by atomic mass is 35.5. The molecule has 3 rings (SSSR count). The van der Waals surface area contributed by atoms with Crippen molar-refractivity contribution in [3.8, 4) is 11.5 Å². The van der Waals surface area contributed by atoms with Crippen molar-refractivity contribution < 1.29 is 18.3 Å². The second kappa shape index (κ2) is 9.85. The van der Waals surface area contributed by atoms with E-state index in [2.05, 4.69) is 5.32 Å². The van der Waals surface area contributed by atoms with E-state index in [0.717, 1.165) is 11.3 Å². The number of halogens is 2. The van der Waals surface area contributed by atoms with Crippen LogP contribution in [0.25, 0.3) is 0 Å². The van der Waals surface area contributed by atoms with Gasteiger partial charge in [-0.3, -0.25) is 0 Å². The van der Waals surface area contributed by atoms with Crippen LogP contribution >= 0.6 is 12.4 Å². The largest absolute Gasteiger partial charge is 0.493 e. The molecule has 1 N–H and O–H groups in total. The molecule has 0 amide bonds. The summed E-state index contributed by atoms with van der Waals surface area (Å²) in [7, 11) is 1.59. The molecule has 26 heavy (non-hydrogen) atoms. The van der Waals surface area contributed by atoms with Gasteiger partial charge in [-0.15, -0.1) is 12.4 Å². The topological polar surface area (TPSA) is 43.6 Å². The summed E-state index contributed by atoms with van der Waals surface area (Å²) < 4.78 is 30.4. The number of nitrogens with one attached hydrogen (secondary N) is 1. The SMILES string of the molecule is COc1cccc(CNCc2ccco2)c1OCc1ccccc1F.Cl. The molecule has 3 aromatic rings. The quantitative estimate of drug-likeness (QED) is 0.617. The van der Waals surface area contributed by atoms with Gasteiger partial charge in [0.25, 0.3) is 0 Å². The van der Waals surface area contributed by atoms with E-state index in [1.54, 1.807) is 31.6 Å². The lowest BCUT2D eigenvalue weighted by molar-refractivity contribution is 0.276. The molecule has 6 heteroatoms. The number of hydrogen-bond donors (Lipinski definition) is 1. The number of hydrogen-bond acceptors (Lipinski definition) is 4. The van der Waals surface area contributed by atoms with Crippen LogP contribution in [-0.4, -0.2) is 7.11 Å². The summed E-state index contributed by atoms with van der Waals surface area (Å²) in [6, 6.07) is 16.0. The van der Waals surface area contributed by atoms with Crippen LogP contribution in [-0.2, 0) is 19.7 Å². The Kier molecular flexibility index (Phi) is 7.51. The summed E-state index contributed by atoms with van der Waals surface area (Å²) >= 11 is 0. The Labute approximate surface area is 158 Å². The van der Waals surface area contributed by atoms with Crippen molar-refractivity contribution in [1.29, 1.82) is 0 Å². The fourth-order valence-corrected chi connectivity index (χ4v) is 2.52. The van der Waals surface area contributed by atoms with Crippen molar-refractivity contribution in [2.24, 2.45) is 0 Å². The Morgan fingerprint density at radius 3 is 2.50 bits per heavy atom. The van der Waals surface area contributed by atoms with Crippen molar-refractivity contribution in [3.63, 3.8) is 0 Å². The van der Waals surface area contributed by atoms with Gasteiger partial charge in [0.1, 0.15) is 18.2 Å². The molecule has 2 aromatic carbocycles. The maximum absolute atomic E-state index is 13.8. The number of rotatable bonds is 8. The fraction of sp³-hybridized carbons (Fsp3) is 0.200. The summed E-state index contributed by atoms with van der Waals surface area (Å²) in [6.07, 6.45) is 1.64. The van der Waals surface area contributed by atoms with Crippen LogP contribution < -0.4 is 14.8 Å². The molecule has 0 unspecified atom stereocenters. The van der Waals surface area contributed by atoms with Crippen LogP contribution in [0.15, 0.2) is 65.3 Å². The molecule has 4 nitrogen and oxygen atoms in total. The first-order valence-electron chi connectivity index (χ1n) is 8.03. The first-order valence-corrected chi connectivity index (χ1v) is 8.03. The second-order valence-corrected chi connectivity index (χ2v) is 5.51. The van der Waals surface area contributed by atoms with Crippen molar-refractivity contribution in [2.75, 3.05) is 7.11 Å². The number of furan rings is 1. The van der Waals surface area contributed by atoms with Crippen LogP contribution in [0.2, 0.25) is 0 Å². The van der Waals surface area contributed by atoms with Crippen LogP contribution in [0.3, 0.4) is 0 Å². The maximum Gasteiger partial charge on any atom is 0.166 e. The van der Waals surface area contributed by atoms with E-state index >= 15 is 0 Å². The van der Waals surface area contributed by atoms with Crippen LogP contribution in [0.5, 0.6) is 11.5 Å². The molecule has 0 fully saturated rings. The van der Waals surface area contributed by atoms with Gasteiger partial charge in [0.2, 0.25) is 0 Å². The molecular formula is C20H21ClFNO3. The molecule has 1 heterocycles. The molecule has 0 spiro atoms. The molecule has 0 aliphatic heterocycles. The zero-order valence-electron chi connectivity index (χ0n) is 14.4. The zero-order valence-corrected chi connectivity index (χ0v) is 15.2. The molecular weight excluding hydrogens is 357 g/mol. The molecule has 0 atom stereocenters. The molecule has 138 valence electrons. The average molecular weight is 378 g/mol. The molecule has 0 radical (unpaired) electrons. The second-order valence-electron chi connectivity index (χ2n) is 5.51. The van der Waals surface area contributed by atoms with Crippen LogP contribution in [0.1, 0.15) is 16.9 Å². The number of para-hydroxylation sites is 1. The molecule has 0 aliphatic carbocycles. The highest BCUT2D eigenvalue weighted by Crippen LogP contribution is 2.32. The van der Waals surface area contributed by atoms with Crippen LogP contribution in [0.4, 0.5) is 4.39 Å². The number of methoxy groups -OCH3 is 1. The van der Waals surface area contributed by atoms with E-state index in [1.165, 1.54) is 6.07 Å². The van der Waals surface area contributed by atoms with Gasteiger partial charge in [-0.05, 0) is 24.3 Å². The van der Waals surface area contributed by atoms with Gasteiger partial charge in [-0.2, -0.15) is 0 Å². The van der Waals surface area contributed by atoms with Gasteiger partial charge >= 0.3 is 0 Å². The zero-order chi connectivity index (χ0) is 17.5. The standard InChI is InChI=1S/C20H20FNO3.ClH/c1-23-19-10-4-7-15(12-22-13-17-8-5-11-24-17)20(19)25-14-16-6-2-3-9-18(16)21;/h2-11,22H,12-14H2,1H3;1H. The lowest BCUT2D eigenvalue weighted by Crippen LogP contribution is -2.13. The van der Waals surface area contributed by atoms with Gasteiger partial charge in [0.15, 0.2) is 11.5 Å². The Bertz CT molecular complexity index is 809. The third-order valence-corrected chi connectivity index (χ3v) is 3.80. The lowest BCUT2D eigenvalue weighted by atomic mass is 10.1. The first-order chi connectivity index (χ1) is 12.3. The van der Waals surface area contributed by atoms with E-state index in [0.29, 0.717) is 30.2 Å². The van der Waals surface area contributed by atoms with E-state index in [4.69, 9.17) is 13.9 Å². The minimum Gasteiger partial charge on any atom is -0.493 e. The predicted octanol–water partition coefficient (Wildman–Crippen LogP) is 4.72. The van der Waals surface area contributed by atoms with E-state index in [9.17, 15) is 4.39 Å². The van der Waals surface area contributed by atoms with Crippen molar-refractivity contribution in [3.05, 3.63) is 83.6 Å². The van der Waals surface area contributed by atoms with E-state index < -0.39 is 0 Å². The molecule has 0 saturated heterocycles. The third kappa shape index (κ3) is 5.00. The highest BCUT2D eigenvalue weighted by Gasteiger charge is 2.12. The van der Waals surface area contributed by atoms with Crippen LogP contribution in [0, 0.1) is 5.82 Å². The maximum atomic E-state index is 13.8. The Hall–Kier alpha value is -2.50. The molecule has 0 saturated carbocycles. The summed E-state index contributed by atoms with van der Waals surface area (Å²) in [5, 5.41) is 3.30. The van der Waals surface area contributed by atoms with Gasteiger partial charge < -0.3 is 19.2 Å². The summed E-state index contributed by atoms with van der Waals surface area (Å²) in [4.78, 5) is 0. The number of ether oxygens (including phenoxy) is 2. The Balaban J connectivity index is 0.00000243. The van der Waals surface area contributed by atoms with Crippen molar-refractivity contribution >= 4 is 12.4 Å². The smallest absolute Gasteiger partial charge is 0.166 e. The molecule has 0 bridgehead atoms. The lowest BCUT2D eigenvalue weighted by Gasteiger charge is -2.15. The minimum atomic E-state index is -0.283. The highest BCUT2D eigenvalue weighted by molar-refractivity contribution is 5.85. The van der Waals surface area contributed by atoms with Gasteiger partial charge in [-0.25, -0.2) is 4.39 Å². The van der Waals surface area contributed by atoms with Crippen molar-refractivity contribution in [2.45, 2.75) is 19.7 Å². The third-order valence-electron chi connectivity index (χ3n) is 3.80. The van der Waals surface area contributed by atoms with Gasteiger partial charge in [-0.1, -0.05) is 30.3 Å². The average Bonchev–Trinajstić information content (AvgIpc) is 3.15. The number of benzene rings is 2. The normalized spacial score (nSPS) is 10.2. The fourth-order valence-electron chi connectivity index (χ4n) is 2.52. The first kappa shape index (κ1) is 19.8. The van der Waals surface area contributed by atoms with Crippen molar-refractivity contribution in [1.82, 2.24) is 5.32 Å². The minimum absolute atomic E-state index is 0. The monoisotopic (exact) mass is 377 g/mol. The summed E-state index contributed by atoms with van der Waals surface area (Å²) in [5.41, 5.74) is 1.44. The summed E-state index contributed by atoms with van der Waals surface area (Å²) in [5.74, 6) is 1.81.